The lowest BCUT2D eigenvalue weighted by Crippen LogP contribution is -2.38. The molecule has 1 aliphatic heterocycles. The van der Waals surface area contributed by atoms with E-state index in [0.29, 0.717) is 0 Å². The molecule has 4 nitrogen and oxygen atoms in total. The van der Waals surface area contributed by atoms with E-state index < -0.39 is 0 Å². The molecule has 0 unspecified atom stereocenters. The van der Waals surface area contributed by atoms with Crippen molar-refractivity contribution in [3.8, 4) is 17.8 Å². The van der Waals surface area contributed by atoms with Crippen LogP contribution in [-0.2, 0) is 12.8 Å². The Morgan fingerprint density at radius 3 is 2.46 bits per heavy atom. The third-order valence-corrected chi connectivity index (χ3v) is 5.27. The number of anilines is 1. The summed E-state index contributed by atoms with van der Waals surface area (Å²) in [7, 11) is 0. The normalized spacial score (nSPS) is 17.2. The molecule has 2 fully saturated rings. The van der Waals surface area contributed by atoms with E-state index in [-0.39, 0.29) is 0 Å². The van der Waals surface area contributed by atoms with Gasteiger partial charge in [0.05, 0.1) is 5.69 Å². The molecule has 0 atom stereocenters. The van der Waals surface area contributed by atoms with Crippen molar-refractivity contribution >= 4 is 5.95 Å². The molecule has 2 aromatic rings. The lowest BCUT2D eigenvalue weighted by atomic mass is 10.0. The van der Waals surface area contributed by atoms with Crippen molar-refractivity contribution in [1.29, 1.82) is 5.26 Å². The summed E-state index contributed by atoms with van der Waals surface area (Å²) in [6.07, 6.45) is 7.46. The summed E-state index contributed by atoms with van der Waals surface area (Å²) in [5.74, 6) is 1.75. The monoisotopic (exact) mass is 348 g/mol. The second-order valence-corrected chi connectivity index (χ2v) is 6.89. The van der Waals surface area contributed by atoms with Crippen molar-refractivity contribution in [2.45, 2.75) is 58.3 Å². The number of hydrogen-bond donors (Lipinski definition) is 0. The van der Waals surface area contributed by atoms with Gasteiger partial charge in [-0.3, -0.25) is 0 Å². The van der Waals surface area contributed by atoms with E-state index >= 15 is 0 Å². The van der Waals surface area contributed by atoms with E-state index in [1.54, 1.807) is 0 Å². The molecule has 3 aliphatic rings. The number of hydrogen-bond acceptors (Lipinski definition) is 4. The smallest absolute Gasteiger partial charge is 0.226 e. The van der Waals surface area contributed by atoms with Crippen molar-refractivity contribution in [3.05, 3.63) is 41.1 Å². The van der Waals surface area contributed by atoms with E-state index in [1.807, 2.05) is 13.8 Å². The molecule has 1 aromatic heterocycles. The third kappa shape index (κ3) is 3.58. The highest BCUT2D eigenvalue weighted by atomic mass is 15.3. The molecular weight excluding hydrogens is 320 g/mol. The van der Waals surface area contributed by atoms with Gasteiger partial charge >= 0.3 is 0 Å². The first-order valence-electron chi connectivity index (χ1n) is 9.89. The number of nitriles is 1. The van der Waals surface area contributed by atoms with Crippen LogP contribution in [0.2, 0.25) is 0 Å². The fourth-order valence-corrected chi connectivity index (χ4v) is 3.67. The molecule has 136 valence electrons. The maximum atomic E-state index is 6.50. The van der Waals surface area contributed by atoms with Crippen LogP contribution in [0.5, 0.6) is 0 Å². The van der Waals surface area contributed by atoms with Crippen molar-refractivity contribution < 1.29 is 0 Å². The Bertz CT molecular complexity index is 773. The lowest BCUT2D eigenvalue weighted by Gasteiger charge is -2.31. The van der Waals surface area contributed by atoms with Gasteiger partial charge in [-0.15, -0.1) is 0 Å². The van der Waals surface area contributed by atoms with Gasteiger partial charge in [0, 0.05) is 36.5 Å². The molecule has 5 rings (SSSR count). The Hall–Kier alpha value is -2.41. The van der Waals surface area contributed by atoms with Gasteiger partial charge in [-0.25, -0.2) is 15.2 Å². The minimum absolute atomic E-state index is 0.796. The average Bonchev–Trinajstić information content (AvgIpc) is 3.41. The number of benzene rings is 1. The summed E-state index contributed by atoms with van der Waals surface area (Å²) in [6, 6.07) is 9.08. The zero-order valence-corrected chi connectivity index (χ0v) is 15.9. The maximum absolute atomic E-state index is 6.50. The quantitative estimate of drug-likeness (QED) is 0.793. The molecular formula is C22H28N4. The van der Waals surface area contributed by atoms with Crippen molar-refractivity contribution in [1.82, 2.24) is 9.97 Å². The minimum Gasteiger partial charge on any atom is -0.341 e. The highest BCUT2D eigenvalue weighted by molar-refractivity contribution is 5.67. The van der Waals surface area contributed by atoms with Crippen LogP contribution in [0.15, 0.2) is 24.3 Å². The van der Waals surface area contributed by atoms with Crippen LogP contribution in [0, 0.1) is 11.8 Å². The second kappa shape index (κ2) is 8.31. The molecule has 0 amide bonds. The SMILES string of the molecule is C#N.CC.c1cc(-c2nc(N3CCC3)nc3c2CCC3)cc(C2CC2)c1. The van der Waals surface area contributed by atoms with E-state index in [4.69, 9.17) is 15.2 Å². The number of rotatable bonds is 3. The Morgan fingerprint density at radius 1 is 1.04 bits per heavy atom. The highest BCUT2D eigenvalue weighted by Crippen LogP contribution is 2.41. The van der Waals surface area contributed by atoms with Crippen LogP contribution in [0.1, 0.15) is 62.3 Å². The van der Waals surface area contributed by atoms with Gasteiger partial charge in [-0.1, -0.05) is 32.0 Å². The zero-order valence-electron chi connectivity index (χ0n) is 15.9. The molecule has 1 aromatic carbocycles. The number of nitrogens with zero attached hydrogens (tertiary/aromatic N) is 4. The molecule has 0 radical (unpaired) electrons. The van der Waals surface area contributed by atoms with Gasteiger partial charge in [0.2, 0.25) is 5.95 Å². The van der Waals surface area contributed by atoms with E-state index in [9.17, 15) is 0 Å². The Labute approximate surface area is 156 Å². The highest BCUT2D eigenvalue weighted by Gasteiger charge is 2.26. The van der Waals surface area contributed by atoms with E-state index in [0.717, 1.165) is 37.8 Å². The Morgan fingerprint density at radius 2 is 1.81 bits per heavy atom. The molecule has 2 aliphatic carbocycles. The largest absolute Gasteiger partial charge is 0.341 e. The molecule has 26 heavy (non-hydrogen) atoms. The first kappa shape index (κ1) is 18.4. The van der Waals surface area contributed by atoms with Gasteiger partial charge in [-0.2, -0.15) is 0 Å². The summed E-state index contributed by atoms with van der Waals surface area (Å²) in [5.41, 5.74) is 6.69. The van der Waals surface area contributed by atoms with Crippen LogP contribution >= 0.6 is 0 Å². The average molecular weight is 348 g/mol. The fraction of sp³-hybridized carbons (Fsp3) is 0.500. The summed E-state index contributed by atoms with van der Waals surface area (Å²) in [4.78, 5) is 12.1. The maximum Gasteiger partial charge on any atom is 0.226 e. The van der Waals surface area contributed by atoms with E-state index in [2.05, 4.69) is 35.7 Å². The molecule has 1 saturated carbocycles. The first-order valence-corrected chi connectivity index (χ1v) is 9.89. The first-order chi connectivity index (χ1) is 12.9. The Balaban J connectivity index is 0.000000461. The predicted octanol–water partition coefficient (Wildman–Crippen LogP) is 4.89. The van der Waals surface area contributed by atoms with E-state index in [1.165, 1.54) is 53.8 Å². The number of aryl methyl sites for hydroxylation is 1. The van der Waals surface area contributed by atoms with Crippen LogP contribution in [0.3, 0.4) is 0 Å². The fourth-order valence-electron chi connectivity index (χ4n) is 3.67. The van der Waals surface area contributed by atoms with Crippen molar-refractivity contribution in [2.75, 3.05) is 18.0 Å². The van der Waals surface area contributed by atoms with Crippen LogP contribution < -0.4 is 4.90 Å². The van der Waals surface area contributed by atoms with Gasteiger partial charge in [0.15, 0.2) is 0 Å². The van der Waals surface area contributed by atoms with Crippen LogP contribution in [-0.4, -0.2) is 23.1 Å². The van der Waals surface area contributed by atoms with Crippen molar-refractivity contribution in [3.63, 3.8) is 0 Å². The van der Waals surface area contributed by atoms with Crippen molar-refractivity contribution in [2.24, 2.45) is 0 Å². The van der Waals surface area contributed by atoms with Gasteiger partial charge in [0.25, 0.3) is 0 Å². The van der Waals surface area contributed by atoms with Gasteiger partial charge in [-0.05, 0) is 56.1 Å². The summed E-state index contributed by atoms with van der Waals surface area (Å²) in [6.45, 7) is 9.72. The summed E-state index contributed by atoms with van der Waals surface area (Å²) >= 11 is 0. The van der Waals surface area contributed by atoms with Gasteiger partial charge in [0.1, 0.15) is 0 Å². The summed E-state index contributed by atoms with van der Waals surface area (Å²) in [5, 5.41) is 6.50. The topological polar surface area (TPSA) is 52.8 Å². The minimum atomic E-state index is 0.796. The number of aromatic nitrogens is 2. The lowest BCUT2D eigenvalue weighted by molar-refractivity contribution is 0.599. The second-order valence-electron chi connectivity index (χ2n) is 6.89. The molecule has 0 bridgehead atoms. The molecule has 1 saturated heterocycles. The molecule has 0 spiro atoms. The number of fused-ring (bicyclic) bond motifs is 1. The third-order valence-electron chi connectivity index (χ3n) is 5.27. The predicted molar refractivity (Wildman–Crippen MR) is 106 cm³/mol. The summed E-state index contributed by atoms with van der Waals surface area (Å²) < 4.78 is 0. The molecule has 4 heteroatoms. The molecule has 2 heterocycles. The zero-order chi connectivity index (χ0) is 18.5. The van der Waals surface area contributed by atoms with Crippen LogP contribution in [0.4, 0.5) is 5.95 Å². The van der Waals surface area contributed by atoms with Gasteiger partial charge < -0.3 is 4.90 Å². The Kier molecular flexibility index (Phi) is 5.88. The molecule has 0 N–H and O–H groups in total. The standard InChI is InChI=1S/C19H21N3.C2H6.CHN/c1-4-14(13-8-9-13)12-15(5-1)18-16-6-2-7-17(16)20-19(21-18)22-10-3-11-22;2*1-2/h1,4-5,12-13H,2-3,6-11H2;1-2H3;1H. The van der Waals surface area contributed by atoms with Crippen LogP contribution in [0.25, 0.3) is 11.3 Å².